The van der Waals surface area contributed by atoms with Crippen LogP contribution in [0.5, 0.6) is 11.5 Å². The lowest BCUT2D eigenvalue weighted by atomic mass is 10.1. The number of benzene rings is 2. The molecule has 4 aromatic rings. The fourth-order valence-electron chi connectivity index (χ4n) is 3.39. The van der Waals surface area contributed by atoms with Crippen molar-refractivity contribution in [2.45, 2.75) is 6.92 Å². The smallest absolute Gasteiger partial charge is 0.272 e. The van der Waals surface area contributed by atoms with Gasteiger partial charge in [0.15, 0.2) is 11.5 Å². The Labute approximate surface area is 178 Å². The van der Waals surface area contributed by atoms with Crippen LogP contribution in [0.2, 0.25) is 0 Å². The van der Waals surface area contributed by atoms with Crippen LogP contribution >= 0.6 is 0 Å². The van der Waals surface area contributed by atoms with Gasteiger partial charge in [-0.1, -0.05) is 24.3 Å². The second kappa shape index (κ2) is 7.87. The molecule has 31 heavy (non-hydrogen) atoms. The van der Waals surface area contributed by atoms with Crippen LogP contribution in [0.4, 0.5) is 0 Å². The molecule has 7 heteroatoms. The molecule has 7 nitrogen and oxygen atoms in total. The van der Waals surface area contributed by atoms with Crippen molar-refractivity contribution in [1.82, 2.24) is 15.4 Å². The van der Waals surface area contributed by atoms with Gasteiger partial charge < -0.3 is 9.47 Å². The van der Waals surface area contributed by atoms with Crippen molar-refractivity contribution in [3.8, 4) is 22.9 Å². The highest BCUT2D eigenvalue weighted by Crippen LogP contribution is 2.32. The summed E-state index contributed by atoms with van der Waals surface area (Å²) in [5, 5.41) is 5.04. The number of nitrogens with one attached hydrogen (secondary N) is 1. The first-order valence-corrected chi connectivity index (χ1v) is 9.75. The minimum absolute atomic E-state index is 0.208. The average Bonchev–Trinajstić information content (AvgIpc) is 3.30. The first-order chi connectivity index (χ1) is 15.2. The summed E-state index contributed by atoms with van der Waals surface area (Å²) in [7, 11) is 0. The lowest BCUT2D eigenvalue weighted by Gasteiger charge is -2.09. The summed E-state index contributed by atoms with van der Waals surface area (Å²) >= 11 is 0. The van der Waals surface area contributed by atoms with E-state index in [-0.39, 0.29) is 12.7 Å². The number of aromatic nitrogens is 2. The summed E-state index contributed by atoms with van der Waals surface area (Å²) in [6.07, 6.45) is 1.70. The van der Waals surface area contributed by atoms with Crippen molar-refractivity contribution in [2.75, 3.05) is 6.79 Å². The van der Waals surface area contributed by atoms with E-state index in [2.05, 4.69) is 20.5 Å². The van der Waals surface area contributed by atoms with E-state index >= 15 is 0 Å². The van der Waals surface area contributed by atoms with Crippen molar-refractivity contribution in [2.24, 2.45) is 5.10 Å². The van der Waals surface area contributed by atoms with Crippen molar-refractivity contribution in [3.05, 3.63) is 84.1 Å². The molecule has 0 atom stereocenters. The van der Waals surface area contributed by atoms with Crippen LogP contribution in [0.25, 0.3) is 22.3 Å². The molecule has 0 saturated carbocycles. The number of amides is 1. The highest BCUT2D eigenvalue weighted by Gasteiger charge is 2.16. The minimum atomic E-state index is -0.323. The van der Waals surface area contributed by atoms with Gasteiger partial charge in [-0.3, -0.25) is 9.78 Å². The van der Waals surface area contributed by atoms with Gasteiger partial charge in [0.2, 0.25) is 6.79 Å². The third kappa shape index (κ3) is 3.69. The zero-order valence-electron chi connectivity index (χ0n) is 16.7. The number of hydrogen-bond acceptors (Lipinski definition) is 6. The Hall–Kier alpha value is -4.26. The summed E-state index contributed by atoms with van der Waals surface area (Å²) in [4.78, 5) is 22.1. The van der Waals surface area contributed by atoms with E-state index in [1.165, 1.54) is 0 Å². The molecule has 1 N–H and O–H groups in total. The molecule has 0 unspecified atom stereocenters. The molecule has 0 fully saturated rings. The number of nitrogens with zero attached hydrogens (tertiary/aromatic N) is 3. The van der Waals surface area contributed by atoms with Crippen LogP contribution in [-0.2, 0) is 0 Å². The highest BCUT2D eigenvalue weighted by atomic mass is 16.7. The van der Waals surface area contributed by atoms with Crippen molar-refractivity contribution < 1.29 is 14.3 Å². The van der Waals surface area contributed by atoms with Crippen LogP contribution in [0.15, 0.2) is 78.0 Å². The summed E-state index contributed by atoms with van der Waals surface area (Å²) in [6.45, 7) is 2.03. The summed E-state index contributed by atoms with van der Waals surface area (Å²) in [5.74, 6) is 1.04. The maximum atomic E-state index is 13.1. The monoisotopic (exact) mass is 410 g/mol. The molecule has 0 saturated heterocycles. The number of carbonyl (C=O) groups is 1. The van der Waals surface area contributed by atoms with Gasteiger partial charge in [-0.15, -0.1) is 0 Å². The third-order valence-corrected chi connectivity index (χ3v) is 5.00. The number of fused-ring (bicyclic) bond motifs is 2. The zero-order chi connectivity index (χ0) is 21.2. The number of para-hydroxylation sites is 1. The van der Waals surface area contributed by atoms with Gasteiger partial charge in [-0.2, -0.15) is 5.10 Å². The Morgan fingerprint density at radius 1 is 0.968 bits per heavy atom. The van der Waals surface area contributed by atoms with Gasteiger partial charge in [-0.05, 0) is 49.4 Å². The SMILES string of the molecule is C/C(=N/NC(=O)c1cc(-c2ccccn2)nc2ccccc12)c1ccc2c(c1)OCO2. The van der Waals surface area contributed by atoms with E-state index in [0.29, 0.717) is 39.7 Å². The normalized spacial score (nSPS) is 12.7. The molecule has 3 heterocycles. The van der Waals surface area contributed by atoms with E-state index in [1.54, 1.807) is 12.3 Å². The molecule has 1 amide bonds. The standard InChI is InChI=1S/C24H18N4O3/c1-15(16-9-10-22-23(12-16)31-14-30-22)27-28-24(29)18-13-21(20-8-4-5-11-25-20)26-19-7-3-2-6-17(18)19/h2-13H,14H2,1H3,(H,28,29)/b27-15-. The lowest BCUT2D eigenvalue weighted by molar-refractivity contribution is 0.0956. The van der Waals surface area contributed by atoms with Crippen LogP contribution < -0.4 is 14.9 Å². The molecular formula is C24H18N4O3. The summed E-state index contributed by atoms with van der Waals surface area (Å²) < 4.78 is 10.7. The summed E-state index contributed by atoms with van der Waals surface area (Å²) in [6, 6.07) is 20.4. The zero-order valence-corrected chi connectivity index (χ0v) is 16.7. The van der Waals surface area contributed by atoms with Gasteiger partial charge in [0.05, 0.1) is 28.2 Å². The minimum Gasteiger partial charge on any atom is -0.454 e. The molecule has 0 bridgehead atoms. The van der Waals surface area contributed by atoms with Crippen LogP contribution in [0.3, 0.4) is 0 Å². The molecule has 0 spiro atoms. The van der Waals surface area contributed by atoms with Gasteiger partial charge in [0.1, 0.15) is 0 Å². The first kappa shape index (κ1) is 18.7. The van der Waals surface area contributed by atoms with Crippen LogP contribution in [0, 0.1) is 0 Å². The average molecular weight is 410 g/mol. The number of hydrogen-bond donors (Lipinski definition) is 1. The maximum Gasteiger partial charge on any atom is 0.272 e. The molecule has 5 rings (SSSR count). The van der Waals surface area contributed by atoms with E-state index in [0.717, 1.165) is 10.9 Å². The topological polar surface area (TPSA) is 85.7 Å². The Morgan fingerprint density at radius 3 is 2.68 bits per heavy atom. The Balaban J connectivity index is 1.47. The molecule has 1 aliphatic heterocycles. The van der Waals surface area contributed by atoms with Gasteiger partial charge in [-0.25, -0.2) is 10.4 Å². The number of pyridine rings is 2. The van der Waals surface area contributed by atoms with E-state index in [1.807, 2.05) is 67.6 Å². The Morgan fingerprint density at radius 2 is 1.81 bits per heavy atom. The maximum absolute atomic E-state index is 13.1. The second-order valence-electron chi connectivity index (χ2n) is 6.99. The van der Waals surface area contributed by atoms with E-state index in [9.17, 15) is 4.79 Å². The number of ether oxygens (including phenoxy) is 2. The number of carbonyl (C=O) groups excluding carboxylic acids is 1. The third-order valence-electron chi connectivity index (χ3n) is 5.00. The molecule has 0 aliphatic carbocycles. The lowest BCUT2D eigenvalue weighted by Crippen LogP contribution is -2.20. The fraction of sp³-hybridized carbons (Fsp3) is 0.0833. The first-order valence-electron chi connectivity index (χ1n) is 9.75. The Bertz CT molecular complexity index is 1320. The summed E-state index contributed by atoms with van der Waals surface area (Å²) in [5.41, 5.74) is 6.66. The van der Waals surface area contributed by atoms with Gasteiger partial charge in [0, 0.05) is 17.1 Å². The van der Waals surface area contributed by atoms with Crippen molar-refractivity contribution >= 4 is 22.5 Å². The number of hydrazone groups is 1. The molecule has 2 aromatic heterocycles. The van der Waals surface area contributed by atoms with Crippen LogP contribution in [0.1, 0.15) is 22.8 Å². The quantitative estimate of drug-likeness (QED) is 0.403. The van der Waals surface area contributed by atoms with Gasteiger partial charge >= 0.3 is 0 Å². The molecule has 1 aliphatic rings. The number of rotatable bonds is 4. The van der Waals surface area contributed by atoms with Crippen LogP contribution in [-0.4, -0.2) is 28.4 Å². The van der Waals surface area contributed by atoms with E-state index < -0.39 is 0 Å². The molecular weight excluding hydrogens is 392 g/mol. The predicted octanol–water partition coefficient (Wildman–Crippen LogP) is 4.18. The fourth-order valence-corrected chi connectivity index (χ4v) is 3.39. The van der Waals surface area contributed by atoms with Gasteiger partial charge in [0.25, 0.3) is 5.91 Å². The van der Waals surface area contributed by atoms with Crippen molar-refractivity contribution in [1.29, 1.82) is 0 Å². The second-order valence-corrected chi connectivity index (χ2v) is 6.99. The molecule has 2 aromatic carbocycles. The molecule has 0 radical (unpaired) electrons. The largest absolute Gasteiger partial charge is 0.454 e. The molecule has 152 valence electrons. The highest BCUT2D eigenvalue weighted by molar-refractivity contribution is 6.08. The predicted molar refractivity (Wildman–Crippen MR) is 117 cm³/mol. The Kier molecular flexibility index (Phi) is 4.76. The van der Waals surface area contributed by atoms with Crippen molar-refractivity contribution in [3.63, 3.8) is 0 Å². The van der Waals surface area contributed by atoms with E-state index in [4.69, 9.17) is 9.47 Å².